The Morgan fingerprint density at radius 3 is 1.69 bits per heavy atom. The van der Waals surface area contributed by atoms with Crippen molar-refractivity contribution in [3.8, 4) is 5.75 Å². The second-order valence-corrected chi connectivity index (χ2v) is 11.2. The summed E-state index contributed by atoms with van der Waals surface area (Å²) in [6, 6.07) is 4.22. The Morgan fingerprint density at radius 2 is 1.22 bits per heavy atom. The largest absolute Gasteiger partial charge is 0.426 e. The molecule has 1 aromatic carbocycles. The van der Waals surface area contributed by atoms with Crippen LogP contribution in [0.1, 0.15) is 122 Å². The molecule has 0 aliphatic carbocycles. The third-order valence-corrected chi connectivity index (χ3v) is 7.04. The lowest BCUT2D eigenvalue weighted by atomic mass is 9.89. The molecule has 0 spiro atoms. The van der Waals surface area contributed by atoms with Crippen molar-refractivity contribution in [2.45, 2.75) is 126 Å². The highest BCUT2D eigenvalue weighted by Gasteiger charge is 2.12. The van der Waals surface area contributed by atoms with Crippen LogP contribution in [0.2, 0.25) is 0 Å². The molecule has 0 aliphatic heterocycles. The molecule has 184 valence electrons. The molecule has 0 N–H and O–H groups in total. The van der Waals surface area contributed by atoms with Crippen molar-refractivity contribution in [1.29, 1.82) is 0 Å². The second-order valence-electron chi connectivity index (χ2n) is 11.2. The number of hydrogen-bond donors (Lipinski definition) is 0. The zero-order valence-electron chi connectivity index (χ0n) is 22.6. The minimum atomic E-state index is -0.243. The smallest absolute Gasteiger partial charge is 0.308 e. The summed E-state index contributed by atoms with van der Waals surface area (Å²) in [7, 11) is 0. The predicted molar refractivity (Wildman–Crippen MR) is 139 cm³/mol. The summed E-state index contributed by atoms with van der Waals surface area (Å²) in [5.41, 5.74) is 3.60. The van der Waals surface area contributed by atoms with Gasteiger partial charge in [-0.15, -0.1) is 0 Å². The van der Waals surface area contributed by atoms with E-state index in [2.05, 4.69) is 54.5 Å². The number of carbonyl (C=O) groups excluding carboxylic acids is 1. The molecular formula is C30H52O2. The first-order chi connectivity index (χ1) is 15.1. The number of carbonyl (C=O) groups is 1. The molecule has 0 amide bonds. The molecule has 0 fully saturated rings. The van der Waals surface area contributed by atoms with Crippen molar-refractivity contribution in [2.75, 3.05) is 0 Å². The lowest BCUT2D eigenvalue weighted by Crippen LogP contribution is -2.06. The first-order valence-corrected chi connectivity index (χ1v) is 13.4. The average molecular weight is 445 g/mol. The Balaban J connectivity index is 2.25. The van der Waals surface area contributed by atoms with Gasteiger partial charge in [0, 0.05) is 6.92 Å². The number of benzene rings is 1. The van der Waals surface area contributed by atoms with Crippen LogP contribution in [0, 0.1) is 37.5 Å². The third-order valence-electron chi connectivity index (χ3n) is 7.04. The fourth-order valence-electron chi connectivity index (χ4n) is 4.76. The zero-order chi connectivity index (χ0) is 24.1. The van der Waals surface area contributed by atoms with Gasteiger partial charge in [0.05, 0.1) is 0 Å². The third kappa shape index (κ3) is 12.7. The van der Waals surface area contributed by atoms with Crippen molar-refractivity contribution >= 4 is 5.97 Å². The molecule has 0 radical (unpaired) electrons. The molecule has 1 rings (SSSR count). The van der Waals surface area contributed by atoms with Gasteiger partial charge in [0.1, 0.15) is 5.75 Å². The van der Waals surface area contributed by atoms with Crippen LogP contribution in [0.25, 0.3) is 0 Å². The SMILES string of the molecule is CC(=O)Oc1cc(C)cc(CCC(C)CCCC(C)CCCC(C)CCCC(C)C)c1C. The van der Waals surface area contributed by atoms with Gasteiger partial charge in [-0.25, -0.2) is 0 Å². The molecule has 32 heavy (non-hydrogen) atoms. The van der Waals surface area contributed by atoms with Gasteiger partial charge in [0.15, 0.2) is 0 Å². The molecular weight excluding hydrogens is 392 g/mol. The standard InChI is InChI=1S/C30H52O2/c1-22(2)12-9-13-23(3)14-10-15-24(4)16-11-17-25(5)18-19-29-20-26(6)21-30(27(29)7)32-28(8)31/h20-25H,9-19H2,1-8H3. The quantitative estimate of drug-likeness (QED) is 0.187. The van der Waals surface area contributed by atoms with Crippen LogP contribution < -0.4 is 4.74 Å². The summed E-state index contributed by atoms with van der Waals surface area (Å²) >= 11 is 0. The van der Waals surface area contributed by atoms with E-state index in [1.54, 1.807) is 0 Å². The number of aryl methyl sites for hydroxylation is 2. The Bertz CT molecular complexity index is 661. The van der Waals surface area contributed by atoms with Crippen LogP contribution in [-0.2, 0) is 11.2 Å². The Kier molecular flexibility index (Phi) is 13.9. The maximum Gasteiger partial charge on any atom is 0.308 e. The fraction of sp³-hybridized carbons (Fsp3) is 0.767. The van der Waals surface area contributed by atoms with Crippen LogP contribution in [0.15, 0.2) is 12.1 Å². The summed E-state index contributed by atoms with van der Waals surface area (Å²) in [5, 5.41) is 0. The molecule has 0 aliphatic rings. The molecule has 0 aromatic heterocycles. The van der Waals surface area contributed by atoms with Gasteiger partial charge in [-0.1, -0.05) is 98.5 Å². The topological polar surface area (TPSA) is 26.3 Å². The van der Waals surface area contributed by atoms with Gasteiger partial charge in [-0.2, -0.15) is 0 Å². The highest BCUT2D eigenvalue weighted by atomic mass is 16.5. The maximum absolute atomic E-state index is 11.4. The highest BCUT2D eigenvalue weighted by molar-refractivity contribution is 5.70. The molecule has 0 bridgehead atoms. The lowest BCUT2D eigenvalue weighted by molar-refractivity contribution is -0.131. The van der Waals surface area contributed by atoms with Gasteiger partial charge >= 0.3 is 5.97 Å². The van der Waals surface area contributed by atoms with Crippen molar-refractivity contribution in [3.63, 3.8) is 0 Å². The zero-order valence-corrected chi connectivity index (χ0v) is 22.6. The maximum atomic E-state index is 11.4. The Labute approximate surface area is 199 Å². The van der Waals surface area contributed by atoms with E-state index < -0.39 is 0 Å². The lowest BCUT2D eigenvalue weighted by Gasteiger charge is -2.17. The molecule has 3 atom stereocenters. The minimum absolute atomic E-state index is 0.243. The van der Waals surface area contributed by atoms with Crippen LogP contribution in [0.3, 0.4) is 0 Å². The first-order valence-electron chi connectivity index (χ1n) is 13.4. The molecule has 0 saturated carbocycles. The summed E-state index contributed by atoms with van der Waals surface area (Å²) in [4.78, 5) is 11.4. The van der Waals surface area contributed by atoms with Crippen LogP contribution in [-0.4, -0.2) is 5.97 Å². The summed E-state index contributed by atoms with van der Waals surface area (Å²) in [6.45, 7) is 17.6. The fourth-order valence-corrected chi connectivity index (χ4v) is 4.76. The van der Waals surface area contributed by atoms with Gasteiger partial charge in [-0.05, 0) is 73.1 Å². The van der Waals surface area contributed by atoms with Crippen LogP contribution in [0.4, 0.5) is 0 Å². The molecule has 0 saturated heterocycles. The van der Waals surface area contributed by atoms with E-state index in [1.807, 2.05) is 6.07 Å². The van der Waals surface area contributed by atoms with Crippen molar-refractivity contribution in [3.05, 3.63) is 28.8 Å². The number of esters is 1. The van der Waals surface area contributed by atoms with Crippen LogP contribution >= 0.6 is 0 Å². The summed E-state index contributed by atoms with van der Waals surface area (Å²) < 4.78 is 5.40. The second kappa shape index (κ2) is 15.5. The van der Waals surface area contributed by atoms with E-state index in [-0.39, 0.29) is 5.97 Å². The molecule has 2 heteroatoms. The normalized spacial score (nSPS) is 14.4. The minimum Gasteiger partial charge on any atom is -0.426 e. The van der Waals surface area contributed by atoms with E-state index in [9.17, 15) is 4.79 Å². The van der Waals surface area contributed by atoms with Gasteiger partial charge < -0.3 is 4.74 Å². The van der Waals surface area contributed by atoms with Gasteiger partial charge in [0.2, 0.25) is 0 Å². The van der Waals surface area contributed by atoms with Crippen molar-refractivity contribution in [2.24, 2.45) is 23.7 Å². The molecule has 0 heterocycles. The highest BCUT2D eigenvalue weighted by Crippen LogP contribution is 2.27. The van der Waals surface area contributed by atoms with E-state index in [4.69, 9.17) is 4.74 Å². The average Bonchev–Trinajstić information content (AvgIpc) is 2.68. The number of ether oxygens (including phenoxy) is 1. The Morgan fingerprint density at radius 1 is 0.750 bits per heavy atom. The summed E-state index contributed by atoms with van der Waals surface area (Å²) in [6.07, 6.45) is 14.7. The van der Waals surface area contributed by atoms with Crippen molar-refractivity contribution in [1.82, 2.24) is 0 Å². The number of rotatable bonds is 16. The summed E-state index contributed by atoms with van der Waals surface area (Å²) in [5.74, 6) is 3.82. The van der Waals surface area contributed by atoms with Gasteiger partial charge in [0.25, 0.3) is 0 Å². The van der Waals surface area contributed by atoms with E-state index in [1.165, 1.54) is 76.7 Å². The molecule has 2 nitrogen and oxygen atoms in total. The van der Waals surface area contributed by atoms with E-state index in [0.29, 0.717) is 0 Å². The number of hydrogen-bond acceptors (Lipinski definition) is 2. The predicted octanol–water partition coefficient (Wildman–Crippen LogP) is 9.24. The monoisotopic (exact) mass is 444 g/mol. The van der Waals surface area contributed by atoms with Crippen molar-refractivity contribution < 1.29 is 9.53 Å². The first kappa shape index (κ1) is 28.7. The Hall–Kier alpha value is -1.31. The molecule has 3 unspecified atom stereocenters. The van der Waals surface area contributed by atoms with Gasteiger partial charge in [-0.3, -0.25) is 4.79 Å². The van der Waals surface area contributed by atoms with E-state index >= 15 is 0 Å². The van der Waals surface area contributed by atoms with E-state index in [0.717, 1.165) is 47.0 Å². The molecule has 1 aromatic rings. The van der Waals surface area contributed by atoms with Crippen LogP contribution in [0.5, 0.6) is 5.75 Å².